The summed E-state index contributed by atoms with van der Waals surface area (Å²) in [6, 6.07) is 8.92. The molecule has 7 nitrogen and oxygen atoms in total. The molecule has 1 saturated heterocycles. The number of anilines is 1. The molecule has 0 spiro atoms. The molecule has 0 N–H and O–H groups in total. The average molecular weight is 428 g/mol. The van der Waals surface area contributed by atoms with Crippen molar-refractivity contribution in [3.8, 4) is 11.4 Å². The lowest BCUT2D eigenvalue weighted by Crippen LogP contribution is -2.56. The molecule has 0 aromatic carbocycles. The monoisotopic (exact) mass is 428 g/mol. The van der Waals surface area contributed by atoms with Crippen LogP contribution in [0.1, 0.15) is 19.3 Å². The van der Waals surface area contributed by atoms with Gasteiger partial charge in [-0.05, 0) is 56.2 Å². The van der Waals surface area contributed by atoms with Crippen LogP contribution in [0.5, 0.6) is 0 Å². The topological polar surface area (TPSA) is 59.2 Å². The van der Waals surface area contributed by atoms with E-state index in [-0.39, 0.29) is 11.7 Å². The molecule has 32 heavy (non-hydrogen) atoms. The van der Waals surface area contributed by atoms with Crippen LogP contribution in [0, 0.1) is 5.82 Å². The second kappa shape index (κ2) is 6.93. The van der Waals surface area contributed by atoms with Gasteiger partial charge in [0.1, 0.15) is 28.8 Å². The molecule has 1 unspecified atom stereocenters. The molecule has 8 heteroatoms. The van der Waals surface area contributed by atoms with Gasteiger partial charge in [-0.15, -0.1) is 0 Å². The minimum absolute atomic E-state index is 0.215. The first kappa shape index (κ1) is 19.1. The molecule has 0 radical (unpaired) electrons. The number of fused-ring (bicyclic) bond motifs is 4. The van der Waals surface area contributed by atoms with Crippen molar-refractivity contribution in [3.05, 3.63) is 73.2 Å². The third kappa shape index (κ3) is 2.56. The molecule has 160 valence electrons. The molecular weight excluding hydrogens is 405 g/mol. The number of pyridine rings is 2. The van der Waals surface area contributed by atoms with Gasteiger partial charge in [-0.1, -0.05) is 0 Å². The summed E-state index contributed by atoms with van der Waals surface area (Å²) >= 11 is 0. The molecule has 0 aliphatic carbocycles. The summed E-state index contributed by atoms with van der Waals surface area (Å²) in [6.07, 6.45) is 10.5. The minimum Gasteiger partial charge on any atom is -0.354 e. The Morgan fingerprint density at radius 2 is 2.00 bits per heavy atom. The van der Waals surface area contributed by atoms with Crippen molar-refractivity contribution in [2.75, 3.05) is 18.5 Å². The number of rotatable bonds is 2. The third-order valence-corrected chi connectivity index (χ3v) is 6.80. The van der Waals surface area contributed by atoms with E-state index in [9.17, 15) is 4.39 Å². The summed E-state index contributed by atoms with van der Waals surface area (Å²) in [6.45, 7) is 5.56. The Hall–Kier alpha value is -3.65. The zero-order valence-electron chi connectivity index (χ0n) is 17.8. The summed E-state index contributed by atoms with van der Waals surface area (Å²) in [4.78, 5) is 15.9. The third-order valence-electron chi connectivity index (χ3n) is 6.80. The zero-order valence-corrected chi connectivity index (χ0v) is 17.8. The van der Waals surface area contributed by atoms with Crippen molar-refractivity contribution in [2.24, 2.45) is 0 Å². The van der Waals surface area contributed by atoms with E-state index < -0.39 is 5.82 Å². The summed E-state index contributed by atoms with van der Waals surface area (Å²) in [7, 11) is 2.10. The van der Waals surface area contributed by atoms with E-state index in [1.54, 1.807) is 29.0 Å². The van der Waals surface area contributed by atoms with Gasteiger partial charge >= 0.3 is 5.95 Å². The maximum atomic E-state index is 14.4. The lowest BCUT2D eigenvalue weighted by atomic mass is 9.93. The number of imidazole rings is 1. The van der Waals surface area contributed by atoms with E-state index in [0.29, 0.717) is 16.1 Å². The number of nitrogens with zero attached hydrogens (tertiary/aromatic N) is 7. The minimum atomic E-state index is -0.406. The molecular formula is C24H23FN7+. The van der Waals surface area contributed by atoms with Crippen LogP contribution in [-0.4, -0.2) is 44.2 Å². The van der Waals surface area contributed by atoms with Crippen molar-refractivity contribution < 1.29 is 4.39 Å². The van der Waals surface area contributed by atoms with Crippen LogP contribution in [0.4, 0.5) is 21.7 Å². The number of hydrogen-bond acceptors (Lipinski definition) is 5. The van der Waals surface area contributed by atoms with Crippen LogP contribution in [0.25, 0.3) is 16.9 Å². The molecule has 2 aliphatic heterocycles. The van der Waals surface area contributed by atoms with Crippen LogP contribution in [0.2, 0.25) is 0 Å². The van der Waals surface area contributed by atoms with Gasteiger partial charge in [0, 0.05) is 18.9 Å². The van der Waals surface area contributed by atoms with Gasteiger partial charge in [0.05, 0.1) is 25.0 Å². The first-order chi connectivity index (χ1) is 15.6. The lowest BCUT2D eigenvalue weighted by molar-refractivity contribution is 0.391. The molecule has 0 saturated carbocycles. The van der Waals surface area contributed by atoms with Gasteiger partial charge in [-0.25, -0.2) is 4.39 Å². The maximum Gasteiger partial charge on any atom is 0.340 e. The van der Waals surface area contributed by atoms with E-state index in [0.717, 1.165) is 35.6 Å². The highest BCUT2D eigenvalue weighted by atomic mass is 19.1. The molecule has 1 fully saturated rings. The first-order valence-electron chi connectivity index (χ1n) is 10.8. The van der Waals surface area contributed by atoms with Gasteiger partial charge in [0.25, 0.3) is 0 Å². The van der Waals surface area contributed by atoms with Crippen LogP contribution in [-0.2, 0) is 0 Å². The van der Waals surface area contributed by atoms with Crippen molar-refractivity contribution in [1.29, 1.82) is 0 Å². The van der Waals surface area contributed by atoms with Crippen molar-refractivity contribution in [2.45, 2.75) is 25.3 Å². The number of piperidine rings is 1. The summed E-state index contributed by atoms with van der Waals surface area (Å²) in [5.41, 5.74) is 4.70. The molecule has 4 aromatic heterocycles. The second-order valence-corrected chi connectivity index (χ2v) is 8.51. The normalized spacial score (nSPS) is 22.6. The van der Waals surface area contributed by atoms with Gasteiger partial charge < -0.3 is 4.90 Å². The molecule has 0 bridgehead atoms. The van der Waals surface area contributed by atoms with Crippen LogP contribution < -0.4 is 9.38 Å². The Kier molecular flexibility index (Phi) is 4.13. The van der Waals surface area contributed by atoms with Gasteiger partial charge in [-0.2, -0.15) is 19.1 Å². The molecule has 2 aliphatic rings. The Bertz CT molecular complexity index is 1360. The fraction of sp³-hybridized carbons (Fsp3) is 0.250. The van der Waals surface area contributed by atoms with E-state index in [1.807, 2.05) is 18.5 Å². The number of halogens is 1. The van der Waals surface area contributed by atoms with E-state index in [1.165, 1.54) is 18.9 Å². The summed E-state index contributed by atoms with van der Waals surface area (Å²) in [5.74, 6) is 0.291. The second-order valence-electron chi connectivity index (χ2n) is 8.51. The number of hydrogen-bond donors (Lipinski definition) is 0. The van der Waals surface area contributed by atoms with Gasteiger partial charge in [-0.3, -0.25) is 9.97 Å². The standard InChI is InChI=1S/C24H23FN7/c1-16-20-7-3-4-13-30(20)21-10-12-26-15-22(21)32(16,2)24-28-14-17-8-9-19(29-31(17)24)23-18(25)6-5-11-27-23/h5-6,8-12,14-15,20H,1,3-4,7,13H2,2H3/q+1/t20-,32?/m1/s1. The Labute approximate surface area is 185 Å². The smallest absolute Gasteiger partial charge is 0.340 e. The Morgan fingerprint density at radius 3 is 2.88 bits per heavy atom. The van der Waals surface area contributed by atoms with Crippen molar-refractivity contribution in [1.82, 2.24) is 29.0 Å². The zero-order chi connectivity index (χ0) is 21.9. The predicted octanol–water partition coefficient (Wildman–Crippen LogP) is 4.48. The number of aromatic nitrogens is 5. The van der Waals surface area contributed by atoms with E-state index >= 15 is 0 Å². The molecule has 0 amide bonds. The van der Waals surface area contributed by atoms with Crippen LogP contribution in [0.3, 0.4) is 0 Å². The highest BCUT2D eigenvalue weighted by Gasteiger charge is 2.49. The van der Waals surface area contributed by atoms with E-state index in [4.69, 9.17) is 10.1 Å². The Balaban J connectivity index is 1.58. The number of quaternary nitrogens is 1. The molecule has 2 atom stereocenters. The van der Waals surface area contributed by atoms with Gasteiger partial charge in [0.2, 0.25) is 0 Å². The van der Waals surface area contributed by atoms with Gasteiger partial charge in [0.15, 0.2) is 11.5 Å². The highest BCUT2D eigenvalue weighted by molar-refractivity contribution is 5.78. The van der Waals surface area contributed by atoms with Crippen molar-refractivity contribution >= 4 is 22.8 Å². The van der Waals surface area contributed by atoms with Crippen molar-refractivity contribution in [3.63, 3.8) is 0 Å². The van der Waals surface area contributed by atoms with Crippen LogP contribution in [0.15, 0.2) is 67.4 Å². The van der Waals surface area contributed by atoms with Crippen LogP contribution >= 0.6 is 0 Å². The summed E-state index contributed by atoms with van der Waals surface area (Å²) < 4.78 is 16.5. The summed E-state index contributed by atoms with van der Waals surface area (Å²) in [5, 5.41) is 4.76. The quantitative estimate of drug-likeness (QED) is 0.441. The average Bonchev–Trinajstić information content (AvgIpc) is 3.27. The maximum absolute atomic E-state index is 14.4. The molecule has 4 aromatic rings. The predicted molar refractivity (Wildman–Crippen MR) is 122 cm³/mol. The lowest BCUT2D eigenvalue weighted by Gasteiger charge is -2.48. The SMILES string of the molecule is C=C1[C@H]2CCCCN2c2ccncc2[N+]1(C)c1ncc2ccc(-c3ncccc3F)nn12. The Morgan fingerprint density at radius 1 is 1.09 bits per heavy atom. The number of likely N-dealkylation sites (N-methyl/N-ethyl adjacent to an activating group) is 1. The highest BCUT2D eigenvalue weighted by Crippen LogP contribution is 2.49. The fourth-order valence-electron chi connectivity index (χ4n) is 5.10. The first-order valence-corrected chi connectivity index (χ1v) is 10.8. The largest absolute Gasteiger partial charge is 0.354 e. The van der Waals surface area contributed by atoms with E-state index in [2.05, 4.69) is 34.6 Å². The molecule has 6 heterocycles. The molecule has 6 rings (SSSR count). The fourth-order valence-corrected chi connectivity index (χ4v) is 5.10.